The Morgan fingerprint density at radius 2 is 1.71 bits per heavy atom. The number of benzene rings is 1. The van der Waals surface area contributed by atoms with Crippen molar-refractivity contribution in [1.29, 1.82) is 0 Å². The molecule has 1 aromatic carbocycles. The van der Waals surface area contributed by atoms with Gasteiger partial charge in [0.25, 0.3) is 0 Å². The lowest BCUT2D eigenvalue weighted by molar-refractivity contribution is 0.646. The highest BCUT2D eigenvalue weighted by molar-refractivity contribution is 5.61. The van der Waals surface area contributed by atoms with E-state index in [9.17, 15) is 0 Å². The summed E-state index contributed by atoms with van der Waals surface area (Å²) in [5.41, 5.74) is 9.39. The molecule has 1 heterocycles. The molecule has 0 radical (unpaired) electrons. The summed E-state index contributed by atoms with van der Waals surface area (Å²) in [4.78, 5) is 8.03. The summed E-state index contributed by atoms with van der Waals surface area (Å²) in [6, 6.07) is 8.68. The van der Waals surface area contributed by atoms with Gasteiger partial charge in [-0.3, -0.25) is 0 Å². The average Bonchev–Trinajstić information content (AvgIpc) is 2.40. The van der Waals surface area contributed by atoms with Crippen LogP contribution in [0.2, 0.25) is 0 Å². The van der Waals surface area contributed by atoms with Crippen molar-refractivity contribution in [2.45, 2.75) is 25.8 Å². The van der Waals surface area contributed by atoms with E-state index in [1.54, 1.807) is 0 Å². The molecule has 17 heavy (non-hydrogen) atoms. The van der Waals surface area contributed by atoms with Crippen LogP contribution in [-0.2, 0) is 6.42 Å². The van der Waals surface area contributed by atoms with Gasteiger partial charge in [-0.15, -0.1) is 0 Å². The van der Waals surface area contributed by atoms with E-state index >= 15 is 0 Å². The molecule has 88 valence electrons. The molecule has 0 fully saturated rings. The molecule has 0 amide bonds. The van der Waals surface area contributed by atoms with Crippen molar-refractivity contribution in [3.05, 3.63) is 48.5 Å². The molecule has 3 heteroatoms. The summed E-state index contributed by atoms with van der Waals surface area (Å²) < 4.78 is 0. The minimum absolute atomic E-state index is 0.251. The summed E-state index contributed by atoms with van der Waals surface area (Å²) in [5, 5.41) is 0. The van der Waals surface area contributed by atoms with Gasteiger partial charge in [0.05, 0.1) is 0 Å². The summed E-state index contributed by atoms with van der Waals surface area (Å²) in [6.45, 7) is 2.11. The maximum absolute atomic E-state index is 5.93. The standard InChI is InChI=1S/C14H17N3/c1-2-14(15)7-11-3-5-12(6-4-11)13-8-16-10-17-9-13/h3-6,8-10,14H,2,7,15H2,1H3. The third-order valence-electron chi connectivity index (χ3n) is 2.87. The van der Waals surface area contributed by atoms with Crippen molar-refractivity contribution in [2.75, 3.05) is 0 Å². The van der Waals surface area contributed by atoms with E-state index in [-0.39, 0.29) is 6.04 Å². The summed E-state index contributed by atoms with van der Waals surface area (Å²) >= 11 is 0. The van der Waals surface area contributed by atoms with Crippen LogP contribution in [0.4, 0.5) is 0 Å². The fourth-order valence-corrected chi connectivity index (χ4v) is 1.73. The van der Waals surface area contributed by atoms with Gasteiger partial charge < -0.3 is 5.73 Å². The van der Waals surface area contributed by atoms with Crippen LogP contribution in [0.5, 0.6) is 0 Å². The Labute approximate surface area is 102 Å². The van der Waals surface area contributed by atoms with Crippen molar-refractivity contribution < 1.29 is 0 Å². The van der Waals surface area contributed by atoms with Gasteiger partial charge in [-0.1, -0.05) is 31.2 Å². The number of rotatable bonds is 4. The minimum atomic E-state index is 0.251. The lowest BCUT2D eigenvalue weighted by Gasteiger charge is -2.09. The first kappa shape index (κ1) is 11.7. The van der Waals surface area contributed by atoms with Crippen LogP contribution >= 0.6 is 0 Å². The molecule has 1 atom stereocenters. The topological polar surface area (TPSA) is 51.8 Å². The van der Waals surface area contributed by atoms with Crippen molar-refractivity contribution in [1.82, 2.24) is 9.97 Å². The van der Waals surface area contributed by atoms with Crippen LogP contribution < -0.4 is 5.73 Å². The molecule has 3 nitrogen and oxygen atoms in total. The average molecular weight is 227 g/mol. The summed E-state index contributed by atoms with van der Waals surface area (Å²) in [7, 11) is 0. The molecule has 2 aromatic rings. The Morgan fingerprint density at radius 3 is 2.29 bits per heavy atom. The van der Waals surface area contributed by atoms with Crippen molar-refractivity contribution in [2.24, 2.45) is 5.73 Å². The molecule has 0 aliphatic heterocycles. The second kappa shape index (κ2) is 5.55. The van der Waals surface area contributed by atoms with Gasteiger partial charge in [-0.25, -0.2) is 9.97 Å². The Kier molecular flexibility index (Phi) is 3.83. The highest BCUT2D eigenvalue weighted by atomic mass is 14.8. The number of nitrogens with two attached hydrogens (primary N) is 1. The van der Waals surface area contributed by atoms with E-state index in [4.69, 9.17) is 5.73 Å². The SMILES string of the molecule is CCC(N)Cc1ccc(-c2cncnc2)cc1. The minimum Gasteiger partial charge on any atom is -0.327 e. The number of hydrogen-bond donors (Lipinski definition) is 1. The normalized spacial score (nSPS) is 12.4. The van der Waals surface area contributed by atoms with Crippen LogP contribution in [-0.4, -0.2) is 16.0 Å². The van der Waals surface area contributed by atoms with Gasteiger partial charge in [0.2, 0.25) is 0 Å². The van der Waals surface area contributed by atoms with Crippen LogP contribution in [0.3, 0.4) is 0 Å². The highest BCUT2D eigenvalue weighted by Gasteiger charge is 2.02. The smallest absolute Gasteiger partial charge is 0.115 e. The first-order valence-corrected chi connectivity index (χ1v) is 5.89. The Morgan fingerprint density at radius 1 is 1.06 bits per heavy atom. The van der Waals surface area contributed by atoms with E-state index in [0.717, 1.165) is 24.0 Å². The second-order valence-corrected chi connectivity index (χ2v) is 4.20. The molecule has 0 spiro atoms. The predicted molar refractivity (Wildman–Crippen MR) is 69.4 cm³/mol. The Balaban J connectivity index is 2.13. The Bertz CT molecular complexity index is 451. The molecule has 0 saturated carbocycles. The van der Waals surface area contributed by atoms with E-state index in [2.05, 4.69) is 41.2 Å². The lowest BCUT2D eigenvalue weighted by Crippen LogP contribution is -2.21. The van der Waals surface area contributed by atoms with Crippen molar-refractivity contribution in [3.8, 4) is 11.1 Å². The van der Waals surface area contributed by atoms with Gasteiger partial charge in [-0.2, -0.15) is 0 Å². The molecule has 0 bridgehead atoms. The number of nitrogens with zero attached hydrogens (tertiary/aromatic N) is 2. The number of hydrogen-bond acceptors (Lipinski definition) is 3. The highest BCUT2D eigenvalue weighted by Crippen LogP contribution is 2.18. The predicted octanol–water partition coefficient (Wildman–Crippen LogP) is 2.42. The second-order valence-electron chi connectivity index (χ2n) is 4.20. The molecular weight excluding hydrogens is 210 g/mol. The molecule has 2 rings (SSSR count). The third-order valence-corrected chi connectivity index (χ3v) is 2.87. The van der Waals surface area contributed by atoms with E-state index in [1.807, 2.05) is 12.4 Å². The molecule has 0 saturated heterocycles. The lowest BCUT2D eigenvalue weighted by atomic mass is 10.0. The quantitative estimate of drug-likeness (QED) is 0.872. The van der Waals surface area contributed by atoms with Crippen molar-refractivity contribution >= 4 is 0 Å². The van der Waals surface area contributed by atoms with Gasteiger partial charge in [0.15, 0.2) is 0 Å². The zero-order chi connectivity index (χ0) is 12.1. The van der Waals surface area contributed by atoms with Crippen LogP contribution in [0.15, 0.2) is 43.0 Å². The molecule has 1 aromatic heterocycles. The van der Waals surface area contributed by atoms with E-state index < -0.39 is 0 Å². The Hall–Kier alpha value is -1.74. The van der Waals surface area contributed by atoms with E-state index in [0.29, 0.717) is 0 Å². The molecule has 0 aliphatic rings. The summed E-state index contributed by atoms with van der Waals surface area (Å²) in [6.07, 6.45) is 7.12. The van der Waals surface area contributed by atoms with Crippen LogP contribution in [0.25, 0.3) is 11.1 Å². The first-order chi connectivity index (χ1) is 8.29. The van der Waals surface area contributed by atoms with E-state index in [1.165, 1.54) is 11.9 Å². The fourth-order valence-electron chi connectivity index (χ4n) is 1.73. The van der Waals surface area contributed by atoms with Gasteiger partial charge >= 0.3 is 0 Å². The molecule has 0 aliphatic carbocycles. The number of aromatic nitrogens is 2. The van der Waals surface area contributed by atoms with Crippen molar-refractivity contribution in [3.63, 3.8) is 0 Å². The monoisotopic (exact) mass is 227 g/mol. The molecule has 1 unspecified atom stereocenters. The maximum atomic E-state index is 5.93. The molecular formula is C14H17N3. The van der Waals surface area contributed by atoms with Gasteiger partial charge in [0, 0.05) is 24.0 Å². The third kappa shape index (κ3) is 3.11. The largest absolute Gasteiger partial charge is 0.327 e. The van der Waals surface area contributed by atoms with Gasteiger partial charge in [0.1, 0.15) is 6.33 Å². The first-order valence-electron chi connectivity index (χ1n) is 5.89. The summed E-state index contributed by atoms with van der Waals surface area (Å²) in [5.74, 6) is 0. The fraction of sp³-hybridized carbons (Fsp3) is 0.286. The zero-order valence-electron chi connectivity index (χ0n) is 10.0. The maximum Gasteiger partial charge on any atom is 0.115 e. The molecule has 2 N–H and O–H groups in total. The van der Waals surface area contributed by atoms with Gasteiger partial charge in [-0.05, 0) is 24.0 Å². The van der Waals surface area contributed by atoms with Crippen LogP contribution in [0, 0.1) is 0 Å². The zero-order valence-corrected chi connectivity index (χ0v) is 10.0. The van der Waals surface area contributed by atoms with Crippen LogP contribution in [0.1, 0.15) is 18.9 Å².